The second kappa shape index (κ2) is 9.59. The molecule has 0 N–H and O–H groups in total. The van der Waals surface area contributed by atoms with Crippen molar-refractivity contribution < 1.29 is 26.7 Å². The first-order chi connectivity index (χ1) is 16.8. The van der Waals surface area contributed by atoms with Gasteiger partial charge in [-0.2, -0.15) is 0 Å². The number of aliphatic imine (C=N–C) groups is 2. The van der Waals surface area contributed by atoms with Crippen LogP contribution in [0.3, 0.4) is 0 Å². The number of ether oxygens (including phenoxy) is 2. The van der Waals surface area contributed by atoms with E-state index in [2.05, 4.69) is 9.98 Å². The third-order valence-electron chi connectivity index (χ3n) is 7.09. The van der Waals surface area contributed by atoms with Crippen molar-refractivity contribution in [3.05, 3.63) is 64.2 Å². The molecule has 10 heteroatoms. The highest BCUT2D eigenvalue weighted by molar-refractivity contribution is 7.92. The molecule has 6 nitrogen and oxygen atoms in total. The quantitative estimate of drug-likeness (QED) is 0.546. The van der Waals surface area contributed by atoms with Crippen LogP contribution in [0.15, 0.2) is 46.4 Å². The van der Waals surface area contributed by atoms with Crippen molar-refractivity contribution in [1.29, 1.82) is 0 Å². The first-order valence-corrected chi connectivity index (χ1v) is 13.7. The van der Waals surface area contributed by atoms with Gasteiger partial charge >= 0.3 is 0 Å². The van der Waals surface area contributed by atoms with Gasteiger partial charge in [0, 0.05) is 34.7 Å². The van der Waals surface area contributed by atoms with Crippen LogP contribution >= 0.6 is 11.6 Å². The molecular weight excluding hydrogens is 498 g/mol. The number of rotatable bonds is 7. The van der Waals surface area contributed by atoms with Crippen molar-refractivity contribution in [2.45, 2.75) is 30.8 Å². The molecule has 35 heavy (non-hydrogen) atoms. The zero-order valence-electron chi connectivity index (χ0n) is 18.9. The Hall–Kier alpha value is -2.36. The summed E-state index contributed by atoms with van der Waals surface area (Å²) in [7, 11) is -3.48. The Morgan fingerprint density at radius 2 is 1.89 bits per heavy atom. The lowest BCUT2D eigenvalue weighted by Gasteiger charge is -2.51. The summed E-state index contributed by atoms with van der Waals surface area (Å²) in [6.07, 6.45) is 2.15. The van der Waals surface area contributed by atoms with Crippen LogP contribution in [-0.2, 0) is 26.4 Å². The molecule has 0 bridgehead atoms. The van der Waals surface area contributed by atoms with Crippen molar-refractivity contribution >= 4 is 33.5 Å². The minimum absolute atomic E-state index is 0.0689. The lowest BCUT2D eigenvalue weighted by atomic mass is 9.60. The standard InChI is InChI=1S/C25H25ClF2N2O4S/c26-17-3-1-16(2-4-17)13-25-8-11-33-21(7-12-35(31,32)15-22-29-9-10-30-22)18(25)14-34-24-20(28)6-5-19(27)23(24)25/h1-6,9,18,21H,7-8,10-15H2/t18-,21-,25-/m0/s1. The fourth-order valence-corrected chi connectivity index (χ4v) is 6.90. The van der Waals surface area contributed by atoms with E-state index in [-0.39, 0.29) is 41.8 Å². The van der Waals surface area contributed by atoms with Crippen LogP contribution in [0.25, 0.3) is 0 Å². The van der Waals surface area contributed by atoms with Gasteiger partial charge in [0.15, 0.2) is 21.4 Å². The third-order valence-corrected chi connectivity index (χ3v) is 8.90. The Morgan fingerprint density at radius 1 is 1.11 bits per heavy atom. The summed E-state index contributed by atoms with van der Waals surface area (Å²) in [5.41, 5.74) is 0.302. The molecule has 3 atom stereocenters. The van der Waals surface area contributed by atoms with Crippen molar-refractivity contribution in [3.8, 4) is 5.75 Å². The topological polar surface area (TPSA) is 77.3 Å². The number of hydrogen-bond acceptors (Lipinski definition) is 6. The van der Waals surface area contributed by atoms with E-state index in [0.29, 0.717) is 36.9 Å². The molecule has 1 fully saturated rings. The van der Waals surface area contributed by atoms with Gasteiger partial charge in [-0.05, 0) is 49.1 Å². The Kier molecular flexibility index (Phi) is 6.67. The van der Waals surface area contributed by atoms with Crippen molar-refractivity contribution in [3.63, 3.8) is 0 Å². The van der Waals surface area contributed by atoms with Gasteiger partial charge < -0.3 is 9.47 Å². The number of benzene rings is 2. The summed E-state index contributed by atoms with van der Waals surface area (Å²) in [5.74, 6) is -1.63. The largest absolute Gasteiger partial charge is 0.490 e. The molecule has 0 saturated carbocycles. The minimum Gasteiger partial charge on any atom is -0.490 e. The maximum absolute atomic E-state index is 15.3. The van der Waals surface area contributed by atoms with E-state index in [0.717, 1.165) is 17.7 Å². The Balaban J connectivity index is 1.47. The Bertz CT molecular complexity index is 1280. The zero-order valence-corrected chi connectivity index (χ0v) is 20.5. The molecule has 186 valence electrons. The average molecular weight is 523 g/mol. The van der Waals surface area contributed by atoms with Crippen LogP contribution in [0.4, 0.5) is 8.78 Å². The second-order valence-corrected chi connectivity index (χ2v) is 11.8. The molecule has 0 radical (unpaired) electrons. The van der Waals surface area contributed by atoms with Crippen molar-refractivity contribution in [2.24, 2.45) is 15.9 Å². The maximum atomic E-state index is 15.3. The van der Waals surface area contributed by atoms with Gasteiger partial charge in [0.25, 0.3) is 0 Å². The average Bonchev–Trinajstić information content (AvgIpc) is 3.33. The summed E-state index contributed by atoms with van der Waals surface area (Å²) in [6.45, 7) is 0.786. The van der Waals surface area contributed by atoms with Crippen LogP contribution in [0.1, 0.15) is 24.0 Å². The van der Waals surface area contributed by atoms with Crippen LogP contribution in [0.5, 0.6) is 5.75 Å². The van der Waals surface area contributed by atoms with Gasteiger partial charge in [-0.15, -0.1) is 0 Å². The molecule has 0 aromatic heterocycles. The fourth-order valence-electron chi connectivity index (χ4n) is 5.48. The summed E-state index contributed by atoms with van der Waals surface area (Å²) in [6, 6.07) is 9.48. The number of fused-ring (bicyclic) bond motifs is 3. The van der Waals surface area contributed by atoms with Crippen LogP contribution in [0.2, 0.25) is 5.02 Å². The number of halogens is 3. The Morgan fingerprint density at radius 3 is 2.63 bits per heavy atom. The summed E-state index contributed by atoms with van der Waals surface area (Å²) in [5, 5.41) is 0.582. The monoisotopic (exact) mass is 522 g/mol. The van der Waals surface area contributed by atoms with Crippen LogP contribution < -0.4 is 4.74 Å². The van der Waals surface area contributed by atoms with Gasteiger partial charge in [0.1, 0.15) is 17.4 Å². The molecule has 2 aromatic carbocycles. The lowest BCUT2D eigenvalue weighted by Crippen LogP contribution is -2.55. The molecule has 3 aliphatic heterocycles. The molecule has 2 aromatic rings. The van der Waals surface area contributed by atoms with Gasteiger partial charge in [0.05, 0.1) is 25.0 Å². The van der Waals surface area contributed by atoms with E-state index in [1.807, 2.05) is 12.1 Å². The van der Waals surface area contributed by atoms with Gasteiger partial charge in [-0.1, -0.05) is 23.7 Å². The molecule has 0 amide bonds. The number of sulfone groups is 1. The van der Waals surface area contributed by atoms with Crippen LogP contribution in [0, 0.1) is 17.6 Å². The normalized spacial score (nSPS) is 25.5. The lowest BCUT2D eigenvalue weighted by molar-refractivity contribution is -0.0963. The molecule has 0 aliphatic carbocycles. The highest BCUT2D eigenvalue weighted by Crippen LogP contribution is 2.52. The smallest absolute Gasteiger partial charge is 0.165 e. The zero-order chi connectivity index (χ0) is 24.6. The molecule has 0 spiro atoms. The van der Waals surface area contributed by atoms with E-state index in [9.17, 15) is 12.8 Å². The summed E-state index contributed by atoms with van der Waals surface area (Å²) < 4.78 is 67.3. The fraction of sp³-hybridized carbons (Fsp3) is 0.440. The van der Waals surface area contributed by atoms with E-state index in [4.69, 9.17) is 21.1 Å². The Labute approximate surface area is 207 Å². The number of hydrogen-bond donors (Lipinski definition) is 0. The van der Waals surface area contributed by atoms with E-state index >= 15 is 4.39 Å². The summed E-state index contributed by atoms with van der Waals surface area (Å²) in [4.78, 5) is 8.06. The highest BCUT2D eigenvalue weighted by Gasteiger charge is 2.53. The molecular formula is C25H25ClF2N2O4S. The molecule has 3 heterocycles. The summed E-state index contributed by atoms with van der Waals surface area (Å²) >= 11 is 6.06. The first-order valence-electron chi connectivity index (χ1n) is 11.5. The molecule has 1 saturated heterocycles. The molecule has 5 rings (SSSR count). The van der Waals surface area contributed by atoms with Gasteiger partial charge in [-0.25, -0.2) is 22.2 Å². The number of amidine groups is 1. The van der Waals surface area contributed by atoms with Gasteiger partial charge in [-0.3, -0.25) is 4.99 Å². The predicted octanol–water partition coefficient (Wildman–Crippen LogP) is 4.18. The van der Waals surface area contributed by atoms with E-state index in [1.165, 1.54) is 0 Å². The molecule has 0 unspecified atom stereocenters. The van der Waals surface area contributed by atoms with Crippen LogP contribution in [-0.4, -0.2) is 57.8 Å². The van der Waals surface area contributed by atoms with E-state index in [1.54, 1.807) is 18.3 Å². The second-order valence-electron chi connectivity index (χ2n) is 9.22. The number of nitrogens with zero attached hydrogens (tertiary/aromatic N) is 2. The maximum Gasteiger partial charge on any atom is 0.165 e. The first kappa shape index (κ1) is 24.3. The van der Waals surface area contributed by atoms with E-state index < -0.39 is 33.0 Å². The van der Waals surface area contributed by atoms with Gasteiger partial charge in [0.2, 0.25) is 0 Å². The predicted molar refractivity (Wildman–Crippen MR) is 131 cm³/mol. The highest BCUT2D eigenvalue weighted by atomic mass is 35.5. The SMILES string of the molecule is O=S(=O)(CC[C@@H]1OCC[C@@]2(Cc3ccc(Cl)cc3)c3c(F)ccc(F)c3OC[C@@H]12)CC1=NCC=N1. The third kappa shape index (κ3) is 4.86. The van der Waals surface area contributed by atoms with Crippen molar-refractivity contribution in [1.82, 2.24) is 0 Å². The van der Waals surface area contributed by atoms with Crippen molar-refractivity contribution in [2.75, 3.05) is 31.3 Å². The minimum atomic E-state index is -3.48. The molecule has 3 aliphatic rings.